The van der Waals surface area contributed by atoms with E-state index in [9.17, 15) is 0 Å². The molecule has 0 spiro atoms. The van der Waals surface area contributed by atoms with Crippen molar-refractivity contribution in [1.29, 1.82) is 0 Å². The molecule has 0 aliphatic rings. The molecule has 0 atom stereocenters. The molecule has 0 fully saturated rings. The molecular weight excluding hydrogens is 234 g/mol. The van der Waals surface area contributed by atoms with E-state index in [0.717, 1.165) is 29.7 Å². The van der Waals surface area contributed by atoms with Gasteiger partial charge in [-0.1, -0.05) is 25.1 Å². The second kappa shape index (κ2) is 6.20. The molecule has 2 aromatic rings. The Morgan fingerprint density at radius 3 is 2.88 bits per heavy atom. The Balaban J connectivity index is 1.85. The van der Waals surface area contributed by atoms with E-state index in [1.807, 2.05) is 30.3 Å². The van der Waals surface area contributed by atoms with Gasteiger partial charge in [0.1, 0.15) is 12.4 Å². The molecule has 0 amide bonds. The molecule has 0 bridgehead atoms. The summed E-state index contributed by atoms with van der Waals surface area (Å²) < 4.78 is 9.79. The van der Waals surface area contributed by atoms with Gasteiger partial charge in [-0.2, -0.15) is 9.36 Å². The van der Waals surface area contributed by atoms with E-state index in [1.165, 1.54) is 11.5 Å². The molecule has 4 nitrogen and oxygen atoms in total. The number of hydrogen-bond acceptors (Lipinski definition) is 5. The Labute approximate surface area is 105 Å². The van der Waals surface area contributed by atoms with Gasteiger partial charge in [-0.25, -0.2) is 0 Å². The minimum Gasteiger partial charge on any atom is -0.486 e. The lowest BCUT2D eigenvalue weighted by molar-refractivity contribution is 0.297. The largest absolute Gasteiger partial charge is 0.486 e. The normalized spacial score (nSPS) is 10.2. The molecule has 90 valence electrons. The molecule has 17 heavy (non-hydrogen) atoms. The number of nitrogens with zero attached hydrogens (tertiary/aromatic N) is 2. The van der Waals surface area contributed by atoms with Crippen LogP contribution < -0.4 is 10.1 Å². The number of aromatic nitrogens is 2. The van der Waals surface area contributed by atoms with Gasteiger partial charge >= 0.3 is 0 Å². The molecule has 1 N–H and O–H groups in total. The highest BCUT2D eigenvalue weighted by Crippen LogP contribution is 2.14. The van der Waals surface area contributed by atoms with E-state index in [-0.39, 0.29) is 0 Å². The summed E-state index contributed by atoms with van der Waals surface area (Å²) in [6, 6.07) is 9.68. The van der Waals surface area contributed by atoms with Crippen molar-refractivity contribution in [3.63, 3.8) is 0 Å². The topological polar surface area (TPSA) is 47.0 Å². The van der Waals surface area contributed by atoms with Crippen LogP contribution in [-0.2, 0) is 6.61 Å². The van der Waals surface area contributed by atoms with Crippen molar-refractivity contribution < 1.29 is 4.74 Å². The van der Waals surface area contributed by atoms with Gasteiger partial charge in [0, 0.05) is 18.1 Å². The summed E-state index contributed by atoms with van der Waals surface area (Å²) in [4.78, 5) is 4.33. The van der Waals surface area contributed by atoms with E-state index in [4.69, 9.17) is 4.74 Å². The fourth-order valence-electron chi connectivity index (χ4n) is 1.28. The molecule has 0 unspecified atom stereocenters. The van der Waals surface area contributed by atoms with E-state index >= 15 is 0 Å². The number of benzene rings is 1. The van der Waals surface area contributed by atoms with E-state index < -0.39 is 0 Å². The van der Waals surface area contributed by atoms with Crippen molar-refractivity contribution in [2.75, 3.05) is 11.9 Å². The summed E-state index contributed by atoms with van der Waals surface area (Å²) >= 11 is 1.37. The maximum Gasteiger partial charge on any atom is 0.202 e. The Morgan fingerprint density at radius 1 is 1.29 bits per heavy atom. The third-order valence-corrected chi connectivity index (χ3v) is 2.82. The number of rotatable bonds is 6. The smallest absolute Gasteiger partial charge is 0.202 e. The minimum atomic E-state index is 0.411. The summed E-state index contributed by atoms with van der Waals surface area (Å²) in [6.07, 6.45) is 1.08. The highest BCUT2D eigenvalue weighted by molar-refractivity contribution is 7.09. The third-order valence-electron chi connectivity index (χ3n) is 2.11. The van der Waals surface area contributed by atoms with Gasteiger partial charge in [0.2, 0.25) is 5.13 Å². The Kier molecular flexibility index (Phi) is 4.32. The second-order valence-corrected chi connectivity index (χ2v) is 4.30. The van der Waals surface area contributed by atoms with Gasteiger partial charge in [-0.05, 0) is 18.6 Å². The monoisotopic (exact) mass is 249 g/mol. The van der Waals surface area contributed by atoms with Crippen LogP contribution in [-0.4, -0.2) is 15.9 Å². The average molecular weight is 249 g/mol. The predicted molar refractivity (Wildman–Crippen MR) is 69.5 cm³/mol. The summed E-state index contributed by atoms with van der Waals surface area (Å²) in [5.74, 6) is 1.56. The lowest BCUT2D eigenvalue weighted by Crippen LogP contribution is -2.00. The van der Waals surface area contributed by atoms with E-state index in [2.05, 4.69) is 21.6 Å². The van der Waals surface area contributed by atoms with Crippen LogP contribution in [0.25, 0.3) is 0 Å². The van der Waals surface area contributed by atoms with Gasteiger partial charge < -0.3 is 10.1 Å². The zero-order valence-electron chi connectivity index (χ0n) is 9.72. The van der Waals surface area contributed by atoms with E-state index in [1.54, 1.807) is 0 Å². The van der Waals surface area contributed by atoms with Crippen LogP contribution in [0.3, 0.4) is 0 Å². The number of ether oxygens (including phenoxy) is 1. The molecule has 1 aromatic carbocycles. The fraction of sp³-hybridized carbons (Fsp3) is 0.333. The van der Waals surface area contributed by atoms with Gasteiger partial charge in [-0.3, -0.25) is 0 Å². The molecule has 1 heterocycles. The summed E-state index contributed by atoms with van der Waals surface area (Å²) in [5.41, 5.74) is 0. The summed E-state index contributed by atoms with van der Waals surface area (Å²) in [6.45, 7) is 3.45. The standard InChI is InChI=1S/C12H15N3OS/c1-2-8-13-12-14-11(15-17-12)9-16-10-6-4-3-5-7-10/h3-7H,2,8-9H2,1H3,(H,13,14,15). The van der Waals surface area contributed by atoms with Gasteiger partial charge in [0.15, 0.2) is 5.82 Å². The van der Waals surface area contributed by atoms with Crippen molar-refractivity contribution in [3.05, 3.63) is 36.2 Å². The van der Waals surface area contributed by atoms with E-state index in [0.29, 0.717) is 6.61 Å². The predicted octanol–water partition coefficient (Wildman–Crippen LogP) is 2.94. The fourth-order valence-corrected chi connectivity index (χ4v) is 1.88. The van der Waals surface area contributed by atoms with Crippen LogP contribution >= 0.6 is 11.5 Å². The first kappa shape index (κ1) is 11.9. The Morgan fingerprint density at radius 2 is 2.12 bits per heavy atom. The molecule has 0 saturated heterocycles. The molecule has 2 rings (SSSR count). The first-order valence-electron chi connectivity index (χ1n) is 5.63. The first-order chi connectivity index (χ1) is 8.38. The summed E-state index contributed by atoms with van der Waals surface area (Å²) in [7, 11) is 0. The molecule has 0 radical (unpaired) electrons. The van der Waals surface area contributed by atoms with Crippen LogP contribution in [0.15, 0.2) is 30.3 Å². The highest BCUT2D eigenvalue weighted by Gasteiger charge is 2.03. The lowest BCUT2D eigenvalue weighted by atomic mass is 10.3. The second-order valence-electron chi connectivity index (χ2n) is 3.54. The molecule has 5 heteroatoms. The first-order valence-corrected chi connectivity index (χ1v) is 6.40. The molecule has 0 aliphatic carbocycles. The Hall–Kier alpha value is -1.62. The quantitative estimate of drug-likeness (QED) is 0.855. The zero-order valence-corrected chi connectivity index (χ0v) is 10.5. The lowest BCUT2D eigenvalue weighted by Gasteiger charge is -2.02. The average Bonchev–Trinajstić information content (AvgIpc) is 2.83. The molecule has 0 saturated carbocycles. The van der Waals surface area contributed by atoms with Crippen LogP contribution in [0.5, 0.6) is 5.75 Å². The van der Waals surface area contributed by atoms with Crippen LogP contribution in [0.2, 0.25) is 0 Å². The number of anilines is 1. The number of hydrogen-bond donors (Lipinski definition) is 1. The van der Waals surface area contributed by atoms with Crippen LogP contribution in [0.1, 0.15) is 19.2 Å². The number of nitrogens with one attached hydrogen (secondary N) is 1. The molecule has 0 aliphatic heterocycles. The third kappa shape index (κ3) is 3.71. The summed E-state index contributed by atoms with van der Waals surface area (Å²) in [5, 5.41) is 4.06. The molecular formula is C12H15N3OS. The van der Waals surface area contributed by atoms with Crippen LogP contribution in [0, 0.1) is 0 Å². The minimum absolute atomic E-state index is 0.411. The highest BCUT2D eigenvalue weighted by atomic mass is 32.1. The zero-order chi connectivity index (χ0) is 11.9. The SMILES string of the molecule is CCCNc1nc(COc2ccccc2)ns1. The van der Waals surface area contributed by atoms with Gasteiger partial charge in [0.25, 0.3) is 0 Å². The van der Waals surface area contributed by atoms with Crippen molar-refractivity contribution in [2.45, 2.75) is 20.0 Å². The van der Waals surface area contributed by atoms with Gasteiger partial charge in [0.05, 0.1) is 0 Å². The Bertz CT molecular complexity index is 444. The van der Waals surface area contributed by atoms with Crippen LogP contribution in [0.4, 0.5) is 5.13 Å². The van der Waals surface area contributed by atoms with Crippen molar-refractivity contribution in [1.82, 2.24) is 9.36 Å². The molecule has 1 aromatic heterocycles. The van der Waals surface area contributed by atoms with Crippen molar-refractivity contribution in [2.24, 2.45) is 0 Å². The number of para-hydroxylation sites is 1. The van der Waals surface area contributed by atoms with Crippen molar-refractivity contribution in [3.8, 4) is 5.75 Å². The maximum atomic E-state index is 5.56. The maximum absolute atomic E-state index is 5.56. The van der Waals surface area contributed by atoms with Gasteiger partial charge in [-0.15, -0.1) is 0 Å². The van der Waals surface area contributed by atoms with Crippen molar-refractivity contribution >= 4 is 16.7 Å².